The first-order chi connectivity index (χ1) is 8.17. The molecular weight excluding hydrogens is 238 g/mol. The summed E-state index contributed by atoms with van der Waals surface area (Å²) in [7, 11) is 0. The van der Waals surface area contributed by atoms with Crippen molar-refractivity contribution in [2.75, 3.05) is 6.61 Å². The van der Waals surface area contributed by atoms with Crippen molar-refractivity contribution < 1.29 is 9.90 Å². The van der Waals surface area contributed by atoms with Crippen LogP contribution in [-0.2, 0) is 4.79 Å². The molecule has 0 aliphatic heterocycles. The molecule has 1 rings (SSSR count). The summed E-state index contributed by atoms with van der Waals surface area (Å²) in [5.74, 6) is -0.231. The summed E-state index contributed by atoms with van der Waals surface area (Å²) >= 11 is 5.95. The highest BCUT2D eigenvalue weighted by molar-refractivity contribution is 6.32. The van der Waals surface area contributed by atoms with Crippen LogP contribution in [0.4, 0.5) is 0 Å². The molecule has 0 radical (unpaired) electrons. The standard InChI is InChI=1S/C13H16ClNO2/c1-2-11(9-16)15-13(17)8-7-10-5-3-4-6-12(10)14/h3-8,11,16H,2,9H2,1H3,(H,15,17)/b8-7-/t11-/m1/s1. The molecule has 0 bridgehead atoms. The summed E-state index contributed by atoms with van der Waals surface area (Å²) in [5.41, 5.74) is 0.793. The SMILES string of the molecule is CC[C@H](CO)NC(=O)/C=C\c1ccccc1Cl. The van der Waals surface area contributed by atoms with Crippen molar-refractivity contribution in [2.24, 2.45) is 0 Å². The van der Waals surface area contributed by atoms with Gasteiger partial charge in [-0.25, -0.2) is 0 Å². The summed E-state index contributed by atoms with van der Waals surface area (Å²) in [6, 6.07) is 7.08. The predicted molar refractivity (Wildman–Crippen MR) is 69.8 cm³/mol. The van der Waals surface area contributed by atoms with Gasteiger partial charge in [0.1, 0.15) is 0 Å². The van der Waals surface area contributed by atoms with Crippen molar-refractivity contribution in [3.63, 3.8) is 0 Å². The minimum Gasteiger partial charge on any atom is -0.394 e. The van der Waals surface area contributed by atoms with E-state index in [1.54, 1.807) is 12.1 Å². The van der Waals surface area contributed by atoms with E-state index in [1.165, 1.54) is 6.08 Å². The van der Waals surface area contributed by atoms with E-state index in [2.05, 4.69) is 5.32 Å². The molecule has 4 heteroatoms. The minimum absolute atomic E-state index is 0.0534. The van der Waals surface area contributed by atoms with Crippen molar-refractivity contribution >= 4 is 23.6 Å². The first-order valence-corrected chi connectivity index (χ1v) is 5.89. The molecular formula is C13H16ClNO2. The summed E-state index contributed by atoms with van der Waals surface area (Å²) in [6.45, 7) is 1.85. The van der Waals surface area contributed by atoms with Crippen LogP contribution in [0.15, 0.2) is 30.3 Å². The van der Waals surface area contributed by atoms with Gasteiger partial charge < -0.3 is 10.4 Å². The molecule has 1 aromatic carbocycles. The van der Waals surface area contributed by atoms with Crippen LogP contribution in [-0.4, -0.2) is 23.7 Å². The molecule has 0 fully saturated rings. The van der Waals surface area contributed by atoms with Gasteiger partial charge in [0.15, 0.2) is 0 Å². The lowest BCUT2D eigenvalue weighted by Crippen LogP contribution is -2.35. The Bertz CT molecular complexity index is 400. The lowest BCUT2D eigenvalue weighted by Gasteiger charge is -2.11. The average molecular weight is 254 g/mol. The lowest BCUT2D eigenvalue weighted by molar-refractivity contribution is -0.117. The Morgan fingerprint density at radius 3 is 2.82 bits per heavy atom. The highest BCUT2D eigenvalue weighted by atomic mass is 35.5. The van der Waals surface area contributed by atoms with Crippen LogP contribution < -0.4 is 5.32 Å². The van der Waals surface area contributed by atoms with E-state index in [-0.39, 0.29) is 18.6 Å². The number of hydrogen-bond acceptors (Lipinski definition) is 2. The van der Waals surface area contributed by atoms with Crippen LogP contribution in [0.2, 0.25) is 5.02 Å². The molecule has 17 heavy (non-hydrogen) atoms. The van der Waals surface area contributed by atoms with E-state index in [0.29, 0.717) is 11.4 Å². The largest absolute Gasteiger partial charge is 0.394 e. The normalized spacial score (nSPS) is 12.6. The van der Waals surface area contributed by atoms with Gasteiger partial charge in [-0.1, -0.05) is 36.7 Å². The average Bonchev–Trinajstić information content (AvgIpc) is 2.35. The Hall–Kier alpha value is -1.32. The van der Waals surface area contributed by atoms with Crippen molar-refractivity contribution in [2.45, 2.75) is 19.4 Å². The molecule has 0 saturated carbocycles. The third kappa shape index (κ3) is 4.59. The van der Waals surface area contributed by atoms with Crippen molar-refractivity contribution in [1.82, 2.24) is 5.32 Å². The first-order valence-electron chi connectivity index (χ1n) is 5.51. The maximum absolute atomic E-state index is 11.5. The van der Waals surface area contributed by atoms with Crippen molar-refractivity contribution in [3.8, 4) is 0 Å². The van der Waals surface area contributed by atoms with Gasteiger partial charge in [-0.2, -0.15) is 0 Å². The minimum atomic E-state index is -0.231. The zero-order valence-electron chi connectivity index (χ0n) is 9.69. The van der Waals surface area contributed by atoms with Gasteiger partial charge in [-0.05, 0) is 24.1 Å². The van der Waals surface area contributed by atoms with E-state index < -0.39 is 0 Å². The topological polar surface area (TPSA) is 49.3 Å². The maximum atomic E-state index is 11.5. The summed E-state index contributed by atoms with van der Waals surface area (Å²) in [6.07, 6.45) is 3.77. The number of amides is 1. The van der Waals surface area contributed by atoms with E-state index in [0.717, 1.165) is 5.56 Å². The molecule has 0 spiro atoms. The Morgan fingerprint density at radius 1 is 1.53 bits per heavy atom. The van der Waals surface area contributed by atoms with Gasteiger partial charge in [0.05, 0.1) is 12.6 Å². The van der Waals surface area contributed by atoms with Crippen molar-refractivity contribution in [3.05, 3.63) is 40.9 Å². The molecule has 0 aromatic heterocycles. The van der Waals surface area contributed by atoms with E-state index in [4.69, 9.17) is 16.7 Å². The zero-order valence-corrected chi connectivity index (χ0v) is 10.4. The number of carbonyl (C=O) groups excluding carboxylic acids is 1. The number of nitrogens with one attached hydrogen (secondary N) is 1. The van der Waals surface area contributed by atoms with Crippen LogP contribution in [0.5, 0.6) is 0 Å². The van der Waals surface area contributed by atoms with Gasteiger partial charge in [-0.3, -0.25) is 4.79 Å². The molecule has 1 aromatic rings. The summed E-state index contributed by atoms with van der Waals surface area (Å²) in [4.78, 5) is 11.5. The quantitative estimate of drug-likeness (QED) is 0.791. The smallest absolute Gasteiger partial charge is 0.244 e. The highest BCUT2D eigenvalue weighted by Crippen LogP contribution is 2.15. The fourth-order valence-electron chi connectivity index (χ4n) is 1.30. The van der Waals surface area contributed by atoms with Crippen LogP contribution in [0, 0.1) is 0 Å². The Morgan fingerprint density at radius 2 is 2.24 bits per heavy atom. The molecule has 0 heterocycles. The Balaban J connectivity index is 2.60. The van der Waals surface area contributed by atoms with Gasteiger partial charge in [0, 0.05) is 11.1 Å². The third-order valence-electron chi connectivity index (χ3n) is 2.38. The van der Waals surface area contributed by atoms with Gasteiger partial charge in [0.25, 0.3) is 0 Å². The van der Waals surface area contributed by atoms with Gasteiger partial charge in [-0.15, -0.1) is 0 Å². The second kappa shape index (κ2) is 7.09. The summed E-state index contributed by atoms with van der Waals surface area (Å²) < 4.78 is 0. The Labute approximate surface area is 106 Å². The van der Waals surface area contributed by atoms with Gasteiger partial charge >= 0.3 is 0 Å². The van der Waals surface area contributed by atoms with Gasteiger partial charge in [0.2, 0.25) is 5.91 Å². The molecule has 3 nitrogen and oxygen atoms in total. The van der Waals surface area contributed by atoms with E-state index in [1.807, 2.05) is 25.1 Å². The molecule has 0 unspecified atom stereocenters. The highest BCUT2D eigenvalue weighted by Gasteiger charge is 2.06. The number of benzene rings is 1. The monoisotopic (exact) mass is 253 g/mol. The second-order valence-corrected chi connectivity index (χ2v) is 4.06. The summed E-state index contributed by atoms with van der Waals surface area (Å²) in [5, 5.41) is 12.2. The number of halogens is 1. The lowest BCUT2D eigenvalue weighted by atomic mass is 10.2. The maximum Gasteiger partial charge on any atom is 0.244 e. The molecule has 92 valence electrons. The van der Waals surface area contributed by atoms with Crippen LogP contribution in [0.1, 0.15) is 18.9 Å². The molecule has 0 aliphatic carbocycles. The number of aliphatic hydroxyl groups excluding tert-OH is 1. The van der Waals surface area contributed by atoms with E-state index >= 15 is 0 Å². The molecule has 0 saturated heterocycles. The van der Waals surface area contributed by atoms with Crippen LogP contribution >= 0.6 is 11.6 Å². The number of hydrogen-bond donors (Lipinski definition) is 2. The number of aliphatic hydroxyl groups is 1. The first kappa shape index (κ1) is 13.7. The molecule has 0 aliphatic rings. The van der Waals surface area contributed by atoms with Crippen molar-refractivity contribution in [1.29, 1.82) is 0 Å². The zero-order chi connectivity index (χ0) is 12.7. The third-order valence-corrected chi connectivity index (χ3v) is 2.72. The molecule has 2 N–H and O–H groups in total. The van der Waals surface area contributed by atoms with E-state index in [9.17, 15) is 4.79 Å². The predicted octanol–water partition coefficient (Wildman–Crippen LogP) is 2.24. The number of rotatable bonds is 5. The van der Waals surface area contributed by atoms with Crippen LogP contribution in [0.25, 0.3) is 6.08 Å². The Kier molecular flexibility index (Phi) is 5.73. The fraction of sp³-hybridized carbons (Fsp3) is 0.308. The number of carbonyl (C=O) groups is 1. The fourth-order valence-corrected chi connectivity index (χ4v) is 1.50. The molecule has 1 amide bonds. The van der Waals surface area contributed by atoms with Crippen LogP contribution in [0.3, 0.4) is 0 Å². The second-order valence-electron chi connectivity index (χ2n) is 3.65. The molecule has 1 atom stereocenters.